The van der Waals surface area contributed by atoms with Crippen molar-refractivity contribution in [2.45, 2.75) is 32.2 Å². The summed E-state index contributed by atoms with van der Waals surface area (Å²) < 4.78 is 0. The minimum atomic E-state index is 0. The highest BCUT2D eigenvalue weighted by molar-refractivity contribution is 6.42. The van der Waals surface area contributed by atoms with Gasteiger partial charge >= 0.3 is 0 Å². The van der Waals surface area contributed by atoms with Crippen molar-refractivity contribution in [3.05, 3.63) is 33.8 Å². The van der Waals surface area contributed by atoms with E-state index in [0.717, 1.165) is 24.8 Å². The lowest BCUT2D eigenvalue weighted by molar-refractivity contribution is 0.603. The molecule has 0 saturated carbocycles. The Bertz CT molecular complexity index is 302. The van der Waals surface area contributed by atoms with Crippen LogP contribution in [-0.2, 0) is 0 Å². The zero-order chi connectivity index (χ0) is 10.6. The summed E-state index contributed by atoms with van der Waals surface area (Å²) in [7, 11) is 0. The number of benzene rings is 1. The van der Waals surface area contributed by atoms with Gasteiger partial charge < -0.3 is 5.73 Å². The lowest BCUT2D eigenvalue weighted by Crippen LogP contribution is -2.10. The molecule has 1 nitrogen and oxygen atoms in total. The maximum atomic E-state index is 6.06. The third kappa shape index (κ3) is 4.20. The molecule has 4 heteroatoms. The molecule has 1 aromatic rings. The SMILES string of the molecule is CCCC[C@H](N)c1cccc(Cl)c1Cl.Cl. The van der Waals surface area contributed by atoms with Crippen LogP contribution in [0.1, 0.15) is 37.8 Å². The largest absolute Gasteiger partial charge is 0.324 e. The number of nitrogens with two attached hydrogens (primary N) is 1. The first-order chi connectivity index (χ1) is 6.66. The van der Waals surface area contributed by atoms with E-state index in [1.54, 1.807) is 6.07 Å². The molecule has 0 aliphatic heterocycles. The van der Waals surface area contributed by atoms with Crippen molar-refractivity contribution in [1.29, 1.82) is 0 Å². The average molecular weight is 269 g/mol. The predicted octanol–water partition coefficient (Wildman–Crippen LogP) is 4.61. The smallest absolute Gasteiger partial charge is 0.0639 e. The first kappa shape index (κ1) is 15.0. The summed E-state index contributed by atoms with van der Waals surface area (Å²) >= 11 is 12.0. The van der Waals surface area contributed by atoms with Gasteiger partial charge in [0.15, 0.2) is 0 Å². The van der Waals surface area contributed by atoms with Crippen LogP contribution in [0.5, 0.6) is 0 Å². The maximum Gasteiger partial charge on any atom is 0.0639 e. The second kappa shape index (κ2) is 7.34. The molecule has 0 spiro atoms. The van der Waals surface area contributed by atoms with Gasteiger partial charge in [-0.1, -0.05) is 55.1 Å². The number of halogens is 3. The fourth-order valence-electron chi connectivity index (χ4n) is 1.39. The van der Waals surface area contributed by atoms with Crippen LogP contribution in [0.3, 0.4) is 0 Å². The Hall–Kier alpha value is 0.0500. The quantitative estimate of drug-likeness (QED) is 0.848. The molecule has 1 atom stereocenters. The van der Waals surface area contributed by atoms with Crippen LogP contribution in [0.4, 0.5) is 0 Å². The number of rotatable bonds is 4. The Morgan fingerprint density at radius 2 is 2.00 bits per heavy atom. The van der Waals surface area contributed by atoms with Crippen LogP contribution in [0.2, 0.25) is 10.0 Å². The number of hydrogen-bond acceptors (Lipinski definition) is 1. The van der Waals surface area contributed by atoms with Crippen molar-refractivity contribution in [3.8, 4) is 0 Å². The molecule has 0 aromatic heterocycles. The van der Waals surface area contributed by atoms with Gasteiger partial charge in [0.2, 0.25) is 0 Å². The molecule has 86 valence electrons. The first-order valence-electron chi connectivity index (χ1n) is 4.86. The Morgan fingerprint density at radius 1 is 1.33 bits per heavy atom. The summed E-state index contributed by atoms with van der Waals surface area (Å²) in [6.07, 6.45) is 3.21. The van der Waals surface area contributed by atoms with Crippen LogP contribution in [0.25, 0.3) is 0 Å². The molecule has 0 radical (unpaired) electrons. The Balaban J connectivity index is 0.00000196. The van der Waals surface area contributed by atoms with Crippen LogP contribution >= 0.6 is 35.6 Å². The molecule has 0 unspecified atom stereocenters. The van der Waals surface area contributed by atoms with E-state index in [1.807, 2.05) is 12.1 Å². The normalized spacial score (nSPS) is 12.0. The van der Waals surface area contributed by atoms with Crippen molar-refractivity contribution >= 4 is 35.6 Å². The van der Waals surface area contributed by atoms with Crippen LogP contribution in [0.15, 0.2) is 18.2 Å². The summed E-state index contributed by atoms with van der Waals surface area (Å²) in [6, 6.07) is 5.60. The fraction of sp³-hybridized carbons (Fsp3) is 0.455. The molecular formula is C11H16Cl3N. The predicted molar refractivity (Wildman–Crippen MR) is 70.2 cm³/mol. The Kier molecular flexibility index (Phi) is 7.37. The van der Waals surface area contributed by atoms with Crippen molar-refractivity contribution in [1.82, 2.24) is 0 Å². The molecule has 2 N–H and O–H groups in total. The Labute approximate surface area is 107 Å². The van der Waals surface area contributed by atoms with Gasteiger partial charge in [-0.25, -0.2) is 0 Å². The van der Waals surface area contributed by atoms with Gasteiger partial charge in [-0.3, -0.25) is 0 Å². The molecule has 1 aromatic carbocycles. The summed E-state index contributed by atoms with van der Waals surface area (Å²) in [5.74, 6) is 0. The van der Waals surface area contributed by atoms with Gasteiger partial charge in [0.1, 0.15) is 0 Å². The fourth-order valence-corrected chi connectivity index (χ4v) is 1.83. The van der Waals surface area contributed by atoms with Gasteiger partial charge in [-0.05, 0) is 18.1 Å². The third-order valence-electron chi connectivity index (χ3n) is 2.25. The van der Waals surface area contributed by atoms with E-state index in [0.29, 0.717) is 10.0 Å². The zero-order valence-corrected chi connectivity index (χ0v) is 11.0. The van der Waals surface area contributed by atoms with Gasteiger partial charge in [-0.15, -0.1) is 12.4 Å². The third-order valence-corrected chi connectivity index (χ3v) is 3.08. The minimum absolute atomic E-state index is 0. The number of unbranched alkanes of at least 4 members (excludes halogenated alkanes) is 1. The van der Waals surface area contributed by atoms with E-state index in [1.165, 1.54) is 0 Å². The van der Waals surface area contributed by atoms with Crippen LogP contribution in [-0.4, -0.2) is 0 Å². The van der Waals surface area contributed by atoms with E-state index in [4.69, 9.17) is 28.9 Å². The molecule has 1 rings (SSSR count). The number of hydrogen-bond donors (Lipinski definition) is 1. The van der Waals surface area contributed by atoms with Crippen molar-refractivity contribution in [2.75, 3.05) is 0 Å². The van der Waals surface area contributed by atoms with Crippen LogP contribution in [0, 0.1) is 0 Å². The van der Waals surface area contributed by atoms with Gasteiger partial charge in [0.25, 0.3) is 0 Å². The van der Waals surface area contributed by atoms with Gasteiger partial charge in [-0.2, -0.15) is 0 Å². The van der Waals surface area contributed by atoms with Gasteiger partial charge in [0.05, 0.1) is 10.0 Å². The monoisotopic (exact) mass is 267 g/mol. The molecule has 0 heterocycles. The van der Waals surface area contributed by atoms with E-state index in [9.17, 15) is 0 Å². The lowest BCUT2D eigenvalue weighted by atomic mass is 10.0. The molecule has 15 heavy (non-hydrogen) atoms. The van der Waals surface area contributed by atoms with Crippen molar-refractivity contribution in [3.63, 3.8) is 0 Å². The highest BCUT2D eigenvalue weighted by atomic mass is 35.5. The molecule has 0 bridgehead atoms. The highest BCUT2D eigenvalue weighted by Crippen LogP contribution is 2.30. The van der Waals surface area contributed by atoms with E-state index in [2.05, 4.69) is 6.92 Å². The maximum absolute atomic E-state index is 6.06. The molecule has 0 aliphatic carbocycles. The summed E-state index contributed by atoms with van der Waals surface area (Å²) in [5, 5.41) is 1.17. The molecular weight excluding hydrogens is 252 g/mol. The van der Waals surface area contributed by atoms with E-state index < -0.39 is 0 Å². The Morgan fingerprint density at radius 3 is 2.60 bits per heavy atom. The molecule has 0 aliphatic rings. The summed E-state index contributed by atoms with van der Waals surface area (Å²) in [5.41, 5.74) is 6.96. The van der Waals surface area contributed by atoms with Gasteiger partial charge in [0, 0.05) is 6.04 Å². The summed E-state index contributed by atoms with van der Waals surface area (Å²) in [4.78, 5) is 0. The summed E-state index contributed by atoms with van der Waals surface area (Å²) in [6.45, 7) is 2.15. The topological polar surface area (TPSA) is 26.0 Å². The molecule has 0 amide bonds. The standard InChI is InChI=1S/C11H15Cl2N.ClH/c1-2-3-7-10(14)8-5-4-6-9(12)11(8)13;/h4-6,10H,2-3,7,14H2,1H3;1H/t10-;/m0./s1. The average Bonchev–Trinajstić information content (AvgIpc) is 2.18. The van der Waals surface area contributed by atoms with E-state index >= 15 is 0 Å². The molecule has 0 saturated heterocycles. The first-order valence-corrected chi connectivity index (χ1v) is 5.62. The second-order valence-corrected chi connectivity index (χ2v) is 4.18. The second-order valence-electron chi connectivity index (χ2n) is 3.39. The molecule has 0 fully saturated rings. The lowest BCUT2D eigenvalue weighted by Gasteiger charge is -2.13. The minimum Gasteiger partial charge on any atom is -0.324 e. The van der Waals surface area contributed by atoms with Crippen molar-refractivity contribution in [2.24, 2.45) is 5.73 Å². The van der Waals surface area contributed by atoms with Crippen molar-refractivity contribution < 1.29 is 0 Å². The van der Waals surface area contributed by atoms with E-state index in [-0.39, 0.29) is 18.4 Å². The zero-order valence-electron chi connectivity index (χ0n) is 8.67. The van der Waals surface area contributed by atoms with Crippen LogP contribution < -0.4 is 5.73 Å². The highest BCUT2D eigenvalue weighted by Gasteiger charge is 2.11.